The fourth-order valence-corrected chi connectivity index (χ4v) is 3.83. The summed E-state index contributed by atoms with van der Waals surface area (Å²) in [5, 5.41) is 4.87. The van der Waals surface area contributed by atoms with Crippen LogP contribution in [-0.2, 0) is 16.0 Å². The predicted molar refractivity (Wildman–Crippen MR) is 89.9 cm³/mol. The summed E-state index contributed by atoms with van der Waals surface area (Å²) < 4.78 is 4.91. The normalized spacial score (nSPS) is 21.3. The maximum atomic E-state index is 11.9. The number of allylic oxidation sites excluding steroid dienone is 1. The van der Waals surface area contributed by atoms with Gasteiger partial charge in [0.25, 0.3) is 0 Å². The average Bonchev–Trinajstić information content (AvgIpc) is 2.64. The van der Waals surface area contributed by atoms with Crippen molar-refractivity contribution in [1.82, 2.24) is 5.32 Å². The van der Waals surface area contributed by atoms with Crippen LogP contribution in [0.3, 0.4) is 0 Å². The molecule has 0 radical (unpaired) electrons. The maximum absolute atomic E-state index is 11.9. The highest BCUT2D eigenvalue weighted by Gasteiger charge is 2.28. The van der Waals surface area contributed by atoms with Crippen LogP contribution < -0.4 is 5.32 Å². The van der Waals surface area contributed by atoms with Crippen molar-refractivity contribution >= 4 is 19.6 Å². The summed E-state index contributed by atoms with van der Waals surface area (Å²) in [4.78, 5) is 11.9. The molecule has 1 aromatic carbocycles. The number of hydrogen-bond acceptors (Lipinski definition) is 3. The van der Waals surface area contributed by atoms with Gasteiger partial charge in [0.15, 0.2) is 0 Å². The quantitative estimate of drug-likeness (QED) is 0.674. The van der Waals surface area contributed by atoms with Crippen LogP contribution in [0.1, 0.15) is 18.1 Å². The van der Waals surface area contributed by atoms with E-state index >= 15 is 0 Å². The zero-order chi connectivity index (χ0) is 15.6. The lowest BCUT2D eigenvalue weighted by Gasteiger charge is -2.23. The molecule has 1 aromatic rings. The average molecular weight is 303 g/mol. The Morgan fingerprint density at radius 3 is 2.57 bits per heavy atom. The molecule has 4 heteroatoms. The third kappa shape index (κ3) is 3.44. The standard InChI is InChI=1S/C17H25NO2Si/c1-12(21(3,4)5)15-11-18-16(17(19)20-2)10-13-8-6-7-9-14(13)15/h6-9,16,18H,10-11H2,1-5H3/b15-12+/t16-/m0/s1. The van der Waals surface area contributed by atoms with E-state index in [0.717, 1.165) is 6.54 Å². The molecule has 0 unspecified atom stereocenters. The van der Waals surface area contributed by atoms with Crippen LogP contribution in [0.25, 0.3) is 5.57 Å². The van der Waals surface area contributed by atoms with Gasteiger partial charge in [-0.25, -0.2) is 0 Å². The maximum Gasteiger partial charge on any atom is 0.323 e. The highest BCUT2D eigenvalue weighted by atomic mass is 28.3. The fourth-order valence-electron chi connectivity index (χ4n) is 2.70. The molecule has 1 aliphatic rings. The number of carbonyl (C=O) groups excluding carboxylic acids is 1. The molecule has 1 heterocycles. The Morgan fingerprint density at radius 1 is 1.29 bits per heavy atom. The summed E-state index contributed by atoms with van der Waals surface area (Å²) in [6, 6.07) is 8.16. The lowest BCUT2D eigenvalue weighted by atomic mass is 9.97. The van der Waals surface area contributed by atoms with E-state index < -0.39 is 8.07 Å². The van der Waals surface area contributed by atoms with Gasteiger partial charge < -0.3 is 10.1 Å². The highest BCUT2D eigenvalue weighted by Crippen LogP contribution is 2.30. The van der Waals surface area contributed by atoms with Crippen molar-refractivity contribution < 1.29 is 9.53 Å². The van der Waals surface area contributed by atoms with Crippen LogP contribution in [0.15, 0.2) is 29.5 Å². The van der Waals surface area contributed by atoms with Crippen LogP contribution in [0.4, 0.5) is 0 Å². The number of esters is 1. The van der Waals surface area contributed by atoms with E-state index in [1.54, 1.807) is 0 Å². The van der Waals surface area contributed by atoms with Crippen molar-refractivity contribution in [1.29, 1.82) is 0 Å². The molecule has 0 bridgehead atoms. The molecule has 0 aliphatic carbocycles. The van der Waals surface area contributed by atoms with Gasteiger partial charge in [0.05, 0.1) is 15.2 Å². The molecule has 0 amide bonds. The van der Waals surface area contributed by atoms with Crippen molar-refractivity contribution in [3.05, 3.63) is 40.6 Å². The number of nitrogens with one attached hydrogen (secondary N) is 1. The van der Waals surface area contributed by atoms with Gasteiger partial charge in [-0.3, -0.25) is 4.79 Å². The van der Waals surface area contributed by atoms with E-state index in [2.05, 4.69) is 50.1 Å². The number of hydrogen-bond donors (Lipinski definition) is 1. The minimum atomic E-state index is -1.37. The van der Waals surface area contributed by atoms with Gasteiger partial charge in [-0.1, -0.05) is 49.1 Å². The van der Waals surface area contributed by atoms with Crippen molar-refractivity contribution in [3.8, 4) is 0 Å². The topological polar surface area (TPSA) is 38.3 Å². The van der Waals surface area contributed by atoms with Crippen molar-refractivity contribution in [3.63, 3.8) is 0 Å². The third-order valence-electron chi connectivity index (χ3n) is 4.36. The molecule has 0 fully saturated rings. The second kappa shape index (κ2) is 6.16. The van der Waals surface area contributed by atoms with Gasteiger partial charge in [-0.2, -0.15) is 0 Å². The van der Waals surface area contributed by atoms with Gasteiger partial charge in [0.2, 0.25) is 0 Å². The second-order valence-electron chi connectivity index (χ2n) is 6.67. The van der Waals surface area contributed by atoms with E-state index in [4.69, 9.17) is 4.74 Å². The first-order valence-corrected chi connectivity index (χ1v) is 10.9. The van der Waals surface area contributed by atoms with Gasteiger partial charge in [0, 0.05) is 6.54 Å². The minimum Gasteiger partial charge on any atom is -0.468 e. The van der Waals surface area contributed by atoms with Crippen LogP contribution in [0, 0.1) is 0 Å². The van der Waals surface area contributed by atoms with E-state index in [1.807, 2.05) is 6.07 Å². The number of methoxy groups -OCH3 is 1. The monoisotopic (exact) mass is 303 g/mol. The number of ether oxygens (including phenoxy) is 1. The summed E-state index contributed by atoms with van der Waals surface area (Å²) in [5.74, 6) is -0.184. The van der Waals surface area contributed by atoms with Crippen LogP contribution in [0.5, 0.6) is 0 Å². The highest BCUT2D eigenvalue weighted by molar-refractivity contribution is 6.83. The van der Waals surface area contributed by atoms with Crippen LogP contribution in [0.2, 0.25) is 19.6 Å². The zero-order valence-electron chi connectivity index (χ0n) is 13.6. The number of rotatable bonds is 2. The van der Waals surface area contributed by atoms with Gasteiger partial charge in [-0.05, 0) is 30.0 Å². The molecule has 0 saturated heterocycles. The van der Waals surface area contributed by atoms with Gasteiger partial charge in [-0.15, -0.1) is 0 Å². The Morgan fingerprint density at radius 2 is 1.95 bits per heavy atom. The predicted octanol–water partition coefficient (Wildman–Crippen LogP) is 3.02. The molecule has 1 N–H and O–H groups in total. The number of benzene rings is 1. The minimum absolute atomic E-state index is 0.184. The lowest BCUT2D eigenvalue weighted by Crippen LogP contribution is -2.39. The van der Waals surface area contributed by atoms with Crippen molar-refractivity contribution in [2.24, 2.45) is 0 Å². The van der Waals surface area contributed by atoms with E-state index in [0.29, 0.717) is 6.42 Å². The van der Waals surface area contributed by atoms with Gasteiger partial charge >= 0.3 is 5.97 Å². The molecule has 3 nitrogen and oxygen atoms in total. The molecule has 114 valence electrons. The van der Waals surface area contributed by atoms with Crippen LogP contribution >= 0.6 is 0 Å². The Labute approximate surface area is 128 Å². The molecule has 0 saturated carbocycles. The molecule has 1 aliphatic heterocycles. The summed E-state index contributed by atoms with van der Waals surface area (Å²) in [7, 11) is 0.0764. The second-order valence-corrected chi connectivity index (χ2v) is 11.9. The fraction of sp³-hybridized carbons (Fsp3) is 0.471. The van der Waals surface area contributed by atoms with Gasteiger partial charge in [0.1, 0.15) is 6.04 Å². The Hall–Kier alpha value is -1.39. The smallest absolute Gasteiger partial charge is 0.323 e. The summed E-state index contributed by atoms with van der Waals surface area (Å²) in [6.07, 6.45) is 0.686. The lowest BCUT2D eigenvalue weighted by molar-refractivity contribution is -0.143. The summed E-state index contributed by atoms with van der Waals surface area (Å²) in [6.45, 7) is 10.1. The largest absolute Gasteiger partial charge is 0.468 e. The molecule has 0 aromatic heterocycles. The van der Waals surface area contributed by atoms with Crippen molar-refractivity contribution in [2.45, 2.75) is 39.0 Å². The molecule has 2 rings (SSSR count). The van der Waals surface area contributed by atoms with Crippen molar-refractivity contribution in [2.75, 3.05) is 13.7 Å². The SMILES string of the molecule is COC(=O)[C@@H]1Cc2ccccc2/C(=C(\C)[Si](C)(C)C)CN1. The molecular formula is C17H25NO2Si. The molecule has 21 heavy (non-hydrogen) atoms. The first-order valence-electron chi connectivity index (χ1n) is 7.44. The first-order chi connectivity index (χ1) is 9.84. The zero-order valence-corrected chi connectivity index (χ0v) is 14.6. The molecule has 1 atom stereocenters. The Balaban J connectivity index is 2.51. The summed E-state index contributed by atoms with van der Waals surface area (Å²) >= 11 is 0. The van der Waals surface area contributed by atoms with Crippen LogP contribution in [-0.4, -0.2) is 33.7 Å². The molecule has 0 spiro atoms. The molecular weight excluding hydrogens is 278 g/mol. The number of carbonyl (C=O) groups is 1. The first kappa shape index (κ1) is 16.0. The van der Waals surface area contributed by atoms with E-state index in [-0.39, 0.29) is 12.0 Å². The van der Waals surface area contributed by atoms with E-state index in [9.17, 15) is 4.79 Å². The Kier molecular flexibility index (Phi) is 4.69. The Bertz CT molecular complexity index is 572. The number of fused-ring (bicyclic) bond motifs is 1. The van der Waals surface area contributed by atoms with E-state index in [1.165, 1.54) is 29.0 Å². The summed E-state index contributed by atoms with van der Waals surface area (Å²) in [5.41, 5.74) is 3.87. The third-order valence-corrected chi connectivity index (χ3v) is 6.91.